The van der Waals surface area contributed by atoms with Crippen LogP contribution >= 0.6 is 0 Å². The zero-order chi connectivity index (χ0) is 20.4. The van der Waals surface area contributed by atoms with E-state index in [9.17, 15) is 24.3 Å². The number of carboxylic acids is 1. The molecule has 1 heterocycles. The smallest absolute Gasteiger partial charge is 0.339 e. The average molecular weight is 380 g/mol. The Morgan fingerprint density at radius 2 is 1.79 bits per heavy atom. The summed E-state index contributed by atoms with van der Waals surface area (Å²) in [6.45, 7) is 1.86. The molecule has 0 unspecified atom stereocenters. The van der Waals surface area contributed by atoms with Gasteiger partial charge in [0.25, 0.3) is 11.8 Å². The molecule has 0 aliphatic carbocycles. The van der Waals surface area contributed by atoms with Gasteiger partial charge in [0.15, 0.2) is 0 Å². The summed E-state index contributed by atoms with van der Waals surface area (Å²) in [6, 6.07) is 10.0. The van der Waals surface area contributed by atoms with Crippen molar-refractivity contribution >= 4 is 35.6 Å². The molecule has 1 saturated heterocycles. The molecule has 2 aromatic carbocycles. The van der Waals surface area contributed by atoms with Crippen molar-refractivity contribution in [1.29, 1.82) is 0 Å². The van der Waals surface area contributed by atoms with Gasteiger partial charge in [-0.05, 0) is 42.8 Å². The summed E-state index contributed by atoms with van der Waals surface area (Å²) in [5.41, 5.74) is 1.15. The Kier molecular flexibility index (Phi) is 4.95. The largest absolute Gasteiger partial charge is 0.496 e. The lowest BCUT2D eigenvalue weighted by atomic mass is 10.0. The van der Waals surface area contributed by atoms with Crippen LogP contribution < -0.4 is 15.0 Å². The molecule has 28 heavy (non-hydrogen) atoms. The van der Waals surface area contributed by atoms with Crippen LogP contribution in [0.2, 0.25) is 0 Å². The van der Waals surface area contributed by atoms with Gasteiger partial charge in [0, 0.05) is 0 Å². The van der Waals surface area contributed by atoms with Crippen molar-refractivity contribution in [3.63, 3.8) is 0 Å². The molecule has 142 valence electrons. The first-order chi connectivity index (χ1) is 13.3. The van der Waals surface area contributed by atoms with E-state index in [2.05, 4.69) is 5.32 Å². The van der Waals surface area contributed by atoms with Crippen molar-refractivity contribution in [3.8, 4) is 5.75 Å². The SMILES string of the molecule is COc1ccc(/C=C2/C(=O)NC(=O)N(c3ccc(C)cc3)C2=O)cc1C(=O)O. The Balaban J connectivity index is 2.03. The number of nitrogens with zero attached hydrogens (tertiary/aromatic N) is 1. The topological polar surface area (TPSA) is 113 Å². The van der Waals surface area contributed by atoms with Gasteiger partial charge in [-0.1, -0.05) is 23.8 Å². The monoisotopic (exact) mass is 380 g/mol. The number of amides is 4. The summed E-state index contributed by atoms with van der Waals surface area (Å²) >= 11 is 0. The number of ether oxygens (including phenoxy) is 1. The van der Waals surface area contributed by atoms with Gasteiger partial charge in [-0.3, -0.25) is 14.9 Å². The molecular weight excluding hydrogens is 364 g/mol. The lowest BCUT2D eigenvalue weighted by molar-refractivity contribution is -0.122. The van der Waals surface area contributed by atoms with Crippen LogP contribution in [0.5, 0.6) is 5.75 Å². The number of nitrogens with one attached hydrogen (secondary N) is 1. The first kappa shape index (κ1) is 18.8. The molecule has 1 fully saturated rings. The number of carbonyl (C=O) groups is 4. The molecule has 0 spiro atoms. The highest BCUT2D eigenvalue weighted by Gasteiger charge is 2.36. The third-order valence-corrected chi connectivity index (χ3v) is 4.16. The average Bonchev–Trinajstić information content (AvgIpc) is 2.66. The highest BCUT2D eigenvalue weighted by Crippen LogP contribution is 2.24. The van der Waals surface area contributed by atoms with E-state index in [-0.39, 0.29) is 16.9 Å². The number of rotatable bonds is 4. The Morgan fingerprint density at radius 1 is 1.11 bits per heavy atom. The van der Waals surface area contributed by atoms with Gasteiger partial charge >= 0.3 is 12.0 Å². The van der Waals surface area contributed by atoms with Crippen molar-refractivity contribution in [3.05, 3.63) is 64.7 Å². The summed E-state index contributed by atoms with van der Waals surface area (Å²) in [5.74, 6) is -2.73. The van der Waals surface area contributed by atoms with Gasteiger partial charge in [-0.25, -0.2) is 14.5 Å². The fourth-order valence-electron chi connectivity index (χ4n) is 2.73. The summed E-state index contributed by atoms with van der Waals surface area (Å²) in [7, 11) is 1.34. The molecule has 0 radical (unpaired) electrons. The Morgan fingerprint density at radius 3 is 2.39 bits per heavy atom. The number of methoxy groups -OCH3 is 1. The normalized spacial score (nSPS) is 15.6. The molecule has 8 nitrogen and oxygen atoms in total. The first-order valence-corrected chi connectivity index (χ1v) is 8.21. The lowest BCUT2D eigenvalue weighted by Gasteiger charge is -2.26. The number of benzene rings is 2. The third kappa shape index (κ3) is 3.48. The van der Waals surface area contributed by atoms with E-state index in [0.29, 0.717) is 11.3 Å². The molecule has 0 atom stereocenters. The predicted molar refractivity (Wildman–Crippen MR) is 100 cm³/mol. The minimum Gasteiger partial charge on any atom is -0.496 e. The minimum absolute atomic E-state index is 0.119. The van der Waals surface area contributed by atoms with E-state index in [0.717, 1.165) is 10.5 Å². The highest BCUT2D eigenvalue weighted by atomic mass is 16.5. The molecule has 1 aliphatic heterocycles. The third-order valence-electron chi connectivity index (χ3n) is 4.16. The van der Waals surface area contributed by atoms with E-state index in [1.54, 1.807) is 24.3 Å². The van der Waals surface area contributed by atoms with Crippen molar-refractivity contribution in [2.24, 2.45) is 0 Å². The molecular formula is C20H16N2O6. The van der Waals surface area contributed by atoms with E-state index in [1.807, 2.05) is 6.92 Å². The van der Waals surface area contributed by atoms with Crippen LogP contribution in [-0.2, 0) is 9.59 Å². The fourth-order valence-corrected chi connectivity index (χ4v) is 2.73. The molecule has 4 amide bonds. The zero-order valence-corrected chi connectivity index (χ0v) is 15.1. The molecule has 8 heteroatoms. The van der Waals surface area contributed by atoms with Crippen LogP contribution in [0.25, 0.3) is 6.08 Å². The summed E-state index contributed by atoms with van der Waals surface area (Å²) in [4.78, 5) is 49.4. The number of hydrogen-bond donors (Lipinski definition) is 2. The molecule has 2 N–H and O–H groups in total. The van der Waals surface area contributed by atoms with Gasteiger partial charge in [-0.15, -0.1) is 0 Å². The second kappa shape index (κ2) is 7.36. The predicted octanol–water partition coefficient (Wildman–Crippen LogP) is 2.37. The number of aryl methyl sites for hydroxylation is 1. The van der Waals surface area contributed by atoms with Crippen LogP contribution in [0, 0.1) is 6.92 Å². The van der Waals surface area contributed by atoms with Crippen molar-refractivity contribution in [1.82, 2.24) is 5.32 Å². The van der Waals surface area contributed by atoms with Crippen LogP contribution in [0.1, 0.15) is 21.5 Å². The lowest BCUT2D eigenvalue weighted by Crippen LogP contribution is -2.54. The Bertz CT molecular complexity index is 1020. The van der Waals surface area contributed by atoms with E-state index in [4.69, 9.17) is 4.74 Å². The molecule has 0 aromatic heterocycles. The number of hydrogen-bond acceptors (Lipinski definition) is 5. The Hall–Kier alpha value is -3.94. The second-order valence-electron chi connectivity index (χ2n) is 6.06. The molecule has 0 bridgehead atoms. The van der Waals surface area contributed by atoms with Gasteiger partial charge in [0.1, 0.15) is 16.9 Å². The Labute approximate surface area is 160 Å². The number of barbiturate groups is 1. The van der Waals surface area contributed by atoms with Crippen LogP contribution in [-0.4, -0.2) is 36.0 Å². The number of anilines is 1. The molecule has 1 aliphatic rings. The molecule has 3 rings (SSSR count). The van der Waals surface area contributed by atoms with Gasteiger partial charge in [0.05, 0.1) is 12.8 Å². The quantitative estimate of drug-likeness (QED) is 0.622. The van der Waals surface area contributed by atoms with Crippen LogP contribution in [0.3, 0.4) is 0 Å². The van der Waals surface area contributed by atoms with E-state index < -0.39 is 23.8 Å². The van der Waals surface area contributed by atoms with Crippen molar-refractivity contribution in [2.75, 3.05) is 12.0 Å². The van der Waals surface area contributed by atoms with Crippen molar-refractivity contribution < 1.29 is 29.0 Å². The highest BCUT2D eigenvalue weighted by molar-refractivity contribution is 6.39. The standard InChI is InChI=1S/C20H16N2O6/c1-11-3-6-13(7-4-11)22-18(24)15(17(23)21-20(22)27)10-12-5-8-16(28-2)14(9-12)19(25)26/h3-10H,1-2H3,(H,25,26)(H,21,23,27)/b15-10-. The summed E-state index contributed by atoms with van der Waals surface area (Å²) in [5, 5.41) is 11.4. The van der Waals surface area contributed by atoms with Crippen LogP contribution in [0.4, 0.5) is 10.5 Å². The summed E-state index contributed by atoms with van der Waals surface area (Å²) in [6.07, 6.45) is 1.23. The minimum atomic E-state index is -1.21. The fraction of sp³-hybridized carbons (Fsp3) is 0.100. The summed E-state index contributed by atoms with van der Waals surface area (Å²) < 4.78 is 4.99. The van der Waals surface area contributed by atoms with Crippen LogP contribution in [0.15, 0.2) is 48.0 Å². The van der Waals surface area contributed by atoms with Crippen molar-refractivity contribution in [2.45, 2.75) is 6.92 Å². The number of urea groups is 1. The maximum atomic E-state index is 12.8. The second-order valence-corrected chi connectivity index (χ2v) is 6.06. The molecule has 0 saturated carbocycles. The number of imide groups is 2. The zero-order valence-electron chi connectivity index (χ0n) is 15.1. The van der Waals surface area contributed by atoms with Gasteiger partial charge < -0.3 is 9.84 Å². The van der Waals surface area contributed by atoms with Gasteiger partial charge in [0.2, 0.25) is 0 Å². The maximum absolute atomic E-state index is 12.8. The first-order valence-electron chi connectivity index (χ1n) is 8.21. The molecule has 2 aromatic rings. The number of carboxylic acid groups (broad SMARTS) is 1. The number of aromatic carboxylic acids is 1. The van der Waals surface area contributed by atoms with E-state index in [1.165, 1.54) is 31.4 Å². The van der Waals surface area contributed by atoms with E-state index >= 15 is 0 Å². The van der Waals surface area contributed by atoms with Gasteiger partial charge in [-0.2, -0.15) is 0 Å². The number of carbonyl (C=O) groups excluding carboxylic acids is 3. The maximum Gasteiger partial charge on any atom is 0.339 e.